The summed E-state index contributed by atoms with van der Waals surface area (Å²) in [5.74, 6) is -1.01. The van der Waals surface area contributed by atoms with Crippen LogP contribution in [-0.4, -0.2) is 28.9 Å². The lowest BCUT2D eigenvalue weighted by Crippen LogP contribution is -2.44. The molecule has 4 nitrogen and oxygen atoms in total. The molecule has 1 aromatic rings. The average molecular weight is 373 g/mol. The molecule has 27 heavy (non-hydrogen) atoms. The number of benzene rings is 1. The van der Waals surface area contributed by atoms with Crippen molar-refractivity contribution in [3.05, 3.63) is 60.2 Å². The smallest absolute Gasteiger partial charge is 0.344 e. The molecular formula is C23H32O4. The minimum Gasteiger partial charge on any atom is -0.479 e. The molecule has 0 saturated carbocycles. The maximum absolute atomic E-state index is 12.0. The fourth-order valence-corrected chi connectivity index (χ4v) is 3.45. The zero-order valence-electron chi connectivity index (χ0n) is 16.9. The maximum atomic E-state index is 12.0. The molecule has 0 bridgehead atoms. The third-order valence-corrected chi connectivity index (χ3v) is 5.08. The van der Waals surface area contributed by atoms with Crippen molar-refractivity contribution in [2.24, 2.45) is 0 Å². The van der Waals surface area contributed by atoms with Gasteiger partial charge in [-0.2, -0.15) is 0 Å². The van der Waals surface area contributed by atoms with Gasteiger partial charge in [-0.15, -0.1) is 0 Å². The Hall–Kier alpha value is -1.91. The van der Waals surface area contributed by atoms with Crippen LogP contribution < -0.4 is 0 Å². The van der Waals surface area contributed by atoms with Crippen molar-refractivity contribution in [2.45, 2.75) is 76.8 Å². The number of carboxylic acid groups (broad SMARTS) is 1. The Balaban J connectivity index is 2.40. The van der Waals surface area contributed by atoms with Gasteiger partial charge in [-0.1, -0.05) is 57.5 Å². The highest BCUT2D eigenvalue weighted by Gasteiger charge is 2.43. The van der Waals surface area contributed by atoms with E-state index in [0.29, 0.717) is 0 Å². The number of carboxylic acids is 1. The van der Waals surface area contributed by atoms with E-state index in [9.17, 15) is 9.90 Å². The maximum Gasteiger partial charge on any atom is 0.344 e. The zero-order valence-corrected chi connectivity index (χ0v) is 16.9. The van der Waals surface area contributed by atoms with Crippen LogP contribution in [0.25, 0.3) is 0 Å². The van der Waals surface area contributed by atoms with Gasteiger partial charge in [0.15, 0.2) is 0 Å². The second-order valence-electron chi connectivity index (χ2n) is 7.20. The number of hydrogen-bond acceptors (Lipinski definition) is 3. The van der Waals surface area contributed by atoms with E-state index in [0.717, 1.165) is 31.2 Å². The van der Waals surface area contributed by atoms with Crippen LogP contribution in [0.4, 0.5) is 0 Å². The quantitative estimate of drug-likeness (QED) is 0.571. The summed E-state index contributed by atoms with van der Waals surface area (Å²) in [4.78, 5) is 12.0. The Morgan fingerprint density at radius 1 is 1.00 bits per heavy atom. The van der Waals surface area contributed by atoms with Gasteiger partial charge in [-0.3, -0.25) is 0 Å². The predicted molar refractivity (Wildman–Crippen MR) is 108 cm³/mol. The van der Waals surface area contributed by atoms with Crippen molar-refractivity contribution >= 4 is 5.97 Å². The molecule has 1 aliphatic rings. The molecule has 2 rings (SSSR count). The molecule has 0 saturated heterocycles. The van der Waals surface area contributed by atoms with Crippen LogP contribution in [0.1, 0.15) is 58.9 Å². The van der Waals surface area contributed by atoms with Gasteiger partial charge in [0.1, 0.15) is 5.60 Å². The highest BCUT2D eigenvalue weighted by atomic mass is 16.5. The fraction of sp³-hybridized carbons (Fsp3) is 0.522. The first-order valence-corrected chi connectivity index (χ1v) is 9.96. The molecule has 0 radical (unpaired) electrons. The van der Waals surface area contributed by atoms with Gasteiger partial charge in [0.25, 0.3) is 0 Å². The van der Waals surface area contributed by atoms with E-state index < -0.39 is 17.2 Å². The Bertz CT molecular complexity index is 644. The van der Waals surface area contributed by atoms with Gasteiger partial charge in [-0.25, -0.2) is 4.79 Å². The van der Waals surface area contributed by atoms with Crippen LogP contribution in [0.2, 0.25) is 0 Å². The van der Waals surface area contributed by atoms with Gasteiger partial charge < -0.3 is 14.6 Å². The van der Waals surface area contributed by atoms with Gasteiger partial charge in [-0.05, 0) is 56.1 Å². The molecule has 148 valence electrons. The Morgan fingerprint density at radius 3 is 2.07 bits per heavy atom. The van der Waals surface area contributed by atoms with Crippen LogP contribution in [0.3, 0.4) is 0 Å². The van der Waals surface area contributed by atoms with E-state index >= 15 is 0 Å². The van der Waals surface area contributed by atoms with Gasteiger partial charge in [0, 0.05) is 0 Å². The lowest BCUT2D eigenvalue weighted by molar-refractivity contribution is -0.160. The van der Waals surface area contributed by atoms with Crippen molar-refractivity contribution in [3.8, 4) is 0 Å². The molecule has 1 atom stereocenters. The first-order chi connectivity index (χ1) is 12.9. The molecule has 1 aromatic carbocycles. The summed E-state index contributed by atoms with van der Waals surface area (Å²) in [5.41, 5.74) is -1.26. The second kappa shape index (κ2) is 9.34. The fourth-order valence-electron chi connectivity index (χ4n) is 3.45. The normalized spacial score (nSPS) is 25.7. The average Bonchev–Trinajstić information content (AvgIpc) is 2.68. The number of rotatable bonds is 10. The molecule has 0 unspecified atom stereocenters. The van der Waals surface area contributed by atoms with Gasteiger partial charge in [0.05, 0.1) is 12.2 Å². The van der Waals surface area contributed by atoms with Gasteiger partial charge in [0.2, 0.25) is 5.60 Å². The lowest BCUT2D eigenvalue weighted by Gasteiger charge is -2.38. The van der Waals surface area contributed by atoms with E-state index in [1.54, 1.807) is 12.2 Å². The Kier molecular flexibility index (Phi) is 7.40. The number of aliphatic carboxylic acids is 1. The first-order valence-electron chi connectivity index (χ1n) is 9.96. The Morgan fingerprint density at radius 2 is 1.59 bits per heavy atom. The topological polar surface area (TPSA) is 55.8 Å². The van der Waals surface area contributed by atoms with E-state index in [1.807, 2.05) is 56.3 Å². The molecule has 0 fully saturated rings. The molecule has 0 aromatic heterocycles. The third kappa shape index (κ3) is 4.88. The van der Waals surface area contributed by atoms with Crippen LogP contribution in [0.5, 0.6) is 0 Å². The molecule has 1 aliphatic carbocycles. The van der Waals surface area contributed by atoms with Crippen LogP contribution in [-0.2, 0) is 19.9 Å². The van der Waals surface area contributed by atoms with Crippen molar-refractivity contribution in [2.75, 3.05) is 0 Å². The minimum atomic E-state index is -1.45. The molecule has 0 heterocycles. The number of ether oxygens (including phenoxy) is 2. The van der Waals surface area contributed by atoms with E-state index in [2.05, 4.69) is 13.8 Å². The summed E-state index contributed by atoms with van der Waals surface area (Å²) >= 11 is 0. The monoisotopic (exact) mass is 372 g/mol. The molecular weight excluding hydrogens is 340 g/mol. The van der Waals surface area contributed by atoms with E-state index in [-0.39, 0.29) is 12.2 Å². The summed E-state index contributed by atoms with van der Waals surface area (Å²) in [6.45, 7) is 8.18. The molecule has 1 N–H and O–H groups in total. The molecule has 0 aliphatic heterocycles. The summed E-state index contributed by atoms with van der Waals surface area (Å²) in [6.07, 6.45) is 10.4. The number of carbonyl (C=O) groups is 1. The largest absolute Gasteiger partial charge is 0.479 e. The minimum absolute atomic E-state index is 0.0433. The third-order valence-electron chi connectivity index (χ3n) is 5.08. The van der Waals surface area contributed by atoms with Gasteiger partial charge >= 0.3 is 5.97 Å². The highest BCUT2D eigenvalue weighted by molar-refractivity contribution is 5.83. The van der Waals surface area contributed by atoms with Crippen LogP contribution >= 0.6 is 0 Å². The standard InChI is InChI=1S/C23H32O4/c1-5-11-18(4)26-22(19-12-9-8-10-13-19)14-16-23(17-15-22,21(24)25)27-20(6-2)7-3/h8-10,12-18,20H,5-7,11H2,1-4H3,(H,24,25)/t18-,22?,23?/m0/s1. The van der Waals surface area contributed by atoms with Crippen molar-refractivity contribution in [1.82, 2.24) is 0 Å². The highest BCUT2D eigenvalue weighted by Crippen LogP contribution is 2.38. The summed E-state index contributed by atoms with van der Waals surface area (Å²) in [5, 5.41) is 9.87. The molecule has 0 spiro atoms. The van der Waals surface area contributed by atoms with Crippen LogP contribution in [0.15, 0.2) is 54.6 Å². The first kappa shape index (κ1) is 21.4. The SMILES string of the molecule is CCC[C@H](C)OC1(c2ccccc2)C=CC(OC(CC)CC)(C(=O)O)C=C1. The summed E-state index contributed by atoms with van der Waals surface area (Å²) in [6, 6.07) is 9.89. The van der Waals surface area contributed by atoms with E-state index in [1.165, 1.54) is 0 Å². The van der Waals surface area contributed by atoms with E-state index in [4.69, 9.17) is 9.47 Å². The zero-order chi connectivity index (χ0) is 19.9. The Labute approximate surface area is 162 Å². The van der Waals surface area contributed by atoms with Crippen molar-refractivity contribution in [1.29, 1.82) is 0 Å². The summed E-state index contributed by atoms with van der Waals surface area (Å²) < 4.78 is 12.4. The second-order valence-corrected chi connectivity index (χ2v) is 7.20. The van der Waals surface area contributed by atoms with Crippen molar-refractivity contribution in [3.63, 3.8) is 0 Å². The molecule has 0 amide bonds. The molecule has 4 heteroatoms. The lowest BCUT2D eigenvalue weighted by atomic mass is 9.84. The van der Waals surface area contributed by atoms with Crippen LogP contribution in [0, 0.1) is 0 Å². The number of hydrogen-bond donors (Lipinski definition) is 1. The summed E-state index contributed by atoms with van der Waals surface area (Å²) in [7, 11) is 0. The predicted octanol–water partition coefficient (Wildman–Crippen LogP) is 5.24. The van der Waals surface area contributed by atoms with Crippen molar-refractivity contribution < 1.29 is 19.4 Å².